The number of carboxylic acid groups (broad SMARTS) is 1. The zero-order valence-corrected chi connectivity index (χ0v) is 8.76. The topological polar surface area (TPSA) is 107 Å². The van der Waals surface area contributed by atoms with Crippen LogP contribution < -0.4 is 4.74 Å². The van der Waals surface area contributed by atoms with E-state index in [-0.39, 0.29) is 22.6 Å². The van der Waals surface area contributed by atoms with E-state index in [1.165, 1.54) is 14.0 Å². The van der Waals surface area contributed by atoms with Crippen molar-refractivity contribution >= 4 is 5.97 Å². The molecule has 0 bridgehead atoms. The van der Waals surface area contributed by atoms with Gasteiger partial charge in [0.15, 0.2) is 11.5 Å². The number of hydrogen-bond acceptors (Lipinski definition) is 5. The summed E-state index contributed by atoms with van der Waals surface area (Å²) < 4.78 is 4.83. The molecule has 0 saturated carbocycles. The van der Waals surface area contributed by atoms with Gasteiger partial charge in [0, 0.05) is 11.1 Å². The van der Waals surface area contributed by atoms with Crippen molar-refractivity contribution in [3.05, 3.63) is 23.3 Å². The van der Waals surface area contributed by atoms with E-state index < -0.39 is 11.8 Å². The number of carbonyl (C=O) groups is 1. The quantitative estimate of drug-likeness (QED) is 0.539. The molecule has 0 unspecified atom stereocenters. The van der Waals surface area contributed by atoms with E-state index in [1.54, 1.807) is 0 Å². The average molecular weight is 228 g/mol. The van der Waals surface area contributed by atoms with Gasteiger partial charge in [-0.2, -0.15) is 0 Å². The lowest BCUT2D eigenvalue weighted by atomic mass is 9.99. The normalized spacial score (nSPS) is 11.2. The molecule has 4 N–H and O–H groups in total. The predicted molar refractivity (Wildman–Crippen MR) is 53.1 cm³/mol. The Balaban J connectivity index is 3.42. The average Bonchev–Trinajstić information content (AvgIpc) is 2.17. The third-order valence-corrected chi connectivity index (χ3v) is 2.26. The molecule has 88 valence electrons. The number of phenols is 1. The molecule has 0 heterocycles. The highest BCUT2D eigenvalue weighted by Crippen LogP contribution is 2.35. The van der Waals surface area contributed by atoms with E-state index in [0.29, 0.717) is 0 Å². The Morgan fingerprint density at radius 3 is 2.38 bits per heavy atom. The van der Waals surface area contributed by atoms with Crippen LogP contribution in [0, 0.1) is 6.92 Å². The molecule has 0 fully saturated rings. The van der Waals surface area contributed by atoms with Crippen LogP contribution >= 0.6 is 0 Å². The van der Waals surface area contributed by atoms with E-state index in [9.17, 15) is 20.1 Å². The van der Waals surface area contributed by atoms with Gasteiger partial charge in [-0.15, -0.1) is 0 Å². The molecule has 0 spiro atoms. The van der Waals surface area contributed by atoms with Gasteiger partial charge in [0.25, 0.3) is 5.79 Å². The number of aliphatic hydroxyl groups is 2. The lowest BCUT2D eigenvalue weighted by Crippen LogP contribution is -2.35. The molecule has 0 atom stereocenters. The summed E-state index contributed by atoms with van der Waals surface area (Å²) in [6.45, 7) is 1.41. The number of rotatable bonds is 3. The van der Waals surface area contributed by atoms with Crippen LogP contribution in [-0.4, -0.2) is 33.5 Å². The summed E-state index contributed by atoms with van der Waals surface area (Å²) in [6, 6.07) is 2.24. The Morgan fingerprint density at radius 1 is 1.38 bits per heavy atom. The van der Waals surface area contributed by atoms with Crippen LogP contribution in [0.1, 0.15) is 11.1 Å². The molecular weight excluding hydrogens is 216 g/mol. The van der Waals surface area contributed by atoms with Crippen LogP contribution in [0.15, 0.2) is 12.1 Å². The summed E-state index contributed by atoms with van der Waals surface area (Å²) in [5.41, 5.74) is -0.107. The molecule has 1 rings (SSSR count). The molecule has 0 aliphatic heterocycles. The van der Waals surface area contributed by atoms with E-state index in [0.717, 1.165) is 12.1 Å². The summed E-state index contributed by atoms with van der Waals surface area (Å²) in [7, 11) is 1.28. The predicted octanol–water partition coefficient (Wildman–Crippen LogP) is -0.0688. The van der Waals surface area contributed by atoms with Gasteiger partial charge in [-0.25, -0.2) is 4.79 Å². The third kappa shape index (κ3) is 1.80. The summed E-state index contributed by atoms with van der Waals surface area (Å²) in [4.78, 5) is 10.7. The van der Waals surface area contributed by atoms with Gasteiger partial charge in [0.05, 0.1) is 7.11 Å². The summed E-state index contributed by atoms with van der Waals surface area (Å²) in [5.74, 6) is -5.01. The number of carboxylic acids is 1. The lowest BCUT2D eigenvalue weighted by Gasteiger charge is -2.20. The summed E-state index contributed by atoms with van der Waals surface area (Å²) >= 11 is 0. The Labute approximate surface area is 91.3 Å². The summed E-state index contributed by atoms with van der Waals surface area (Å²) in [5, 5.41) is 36.8. The van der Waals surface area contributed by atoms with Crippen molar-refractivity contribution < 1.29 is 30.0 Å². The fourth-order valence-corrected chi connectivity index (χ4v) is 1.43. The van der Waals surface area contributed by atoms with Crippen LogP contribution in [0.4, 0.5) is 0 Å². The van der Waals surface area contributed by atoms with Crippen LogP contribution in [-0.2, 0) is 10.6 Å². The molecule has 16 heavy (non-hydrogen) atoms. The molecule has 6 nitrogen and oxygen atoms in total. The summed E-state index contributed by atoms with van der Waals surface area (Å²) in [6.07, 6.45) is 0. The fraction of sp³-hybridized carbons (Fsp3) is 0.300. The van der Waals surface area contributed by atoms with Crippen LogP contribution in [0.5, 0.6) is 11.5 Å². The first-order valence-electron chi connectivity index (χ1n) is 4.37. The van der Waals surface area contributed by atoms with Gasteiger partial charge in [-0.1, -0.05) is 0 Å². The van der Waals surface area contributed by atoms with E-state index in [1.807, 2.05) is 0 Å². The van der Waals surface area contributed by atoms with Crippen molar-refractivity contribution in [2.75, 3.05) is 7.11 Å². The van der Waals surface area contributed by atoms with Crippen molar-refractivity contribution in [3.63, 3.8) is 0 Å². The highest BCUT2D eigenvalue weighted by molar-refractivity contribution is 5.78. The first-order valence-corrected chi connectivity index (χ1v) is 4.37. The number of phenolic OH excluding ortho intramolecular Hbond substituents is 1. The van der Waals surface area contributed by atoms with Gasteiger partial charge >= 0.3 is 5.97 Å². The third-order valence-electron chi connectivity index (χ3n) is 2.26. The molecule has 0 radical (unpaired) electrons. The molecular formula is C10H12O6. The Hall–Kier alpha value is -1.79. The van der Waals surface area contributed by atoms with Crippen molar-refractivity contribution in [2.24, 2.45) is 0 Å². The van der Waals surface area contributed by atoms with E-state index >= 15 is 0 Å². The fourth-order valence-electron chi connectivity index (χ4n) is 1.43. The van der Waals surface area contributed by atoms with Crippen molar-refractivity contribution in [1.29, 1.82) is 0 Å². The standard InChI is InChI=1S/C10H12O6/c1-5-6(10(14,15)9(12)13)3-4-7(11)8(5)16-2/h3-4,11,14-15H,1-2H3,(H,12,13). The number of benzene rings is 1. The number of hydrogen-bond donors (Lipinski definition) is 4. The molecule has 0 aliphatic rings. The minimum absolute atomic E-state index is 0.00576. The first kappa shape index (κ1) is 12.3. The maximum absolute atomic E-state index is 10.7. The number of methoxy groups -OCH3 is 1. The largest absolute Gasteiger partial charge is 0.504 e. The molecule has 6 heteroatoms. The maximum atomic E-state index is 10.7. The molecule has 1 aromatic carbocycles. The molecule has 0 aliphatic carbocycles. The number of ether oxygens (including phenoxy) is 1. The van der Waals surface area contributed by atoms with Crippen LogP contribution in [0.3, 0.4) is 0 Å². The highest BCUT2D eigenvalue weighted by atomic mass is 16.5. The van der Waals surface area contributed by atoms with Crippen molar-refractivity contribution in [3.8, 4) is 11.5 Å². The van der Waals surface area contributed by atoms with E-state index in [2.05, 4.69) is 0 Å². The second-order valence-electron chi connectivity index (χ2n) is 3.27. The first-order chi connectivity index (χ1) is 7.32. The smallest absolute Gasteiger partial charge is 0.369 e. The SMILES string of the molecule is COc1c(O)ccc(C(O)(O)C(=O)O)c1C. The van der Waals surface area contributed by atoms with Gasteiger partial charge < -0.3 is 25.2 Å². The van der Waals surface area contributed by atoms with Crippen molar-refractivity contribution in [2.45, 2.75) is 12.7 Å². The molecule has 0 aromatic heterocycles. The Kier molecular flexibility index (Phi) is 3.06. The van der Waals surface area contributed by atoms with Gasteiger partial charge in [-0.05, 0) is 19.1 Å². The van der Waals surface area contributed by atoms with Crippen LogP contribution in [0.2, 0.25) is 0 Å². The number of aromatic hydroxyl groups is 1. The van der Waals surface area contributed by atoms with E-state index in [4.69, 9.17) is 9.84 Å². The lowest BCUT2D eigenvalue weighted by molar-refractivity contribution is -0.208. The minimum atomic E-state index is -3.01. The second-order valence-corrected chi connectivity index (χ2v) is 3.27. The Morgan fingerprint density at radius 2 is 1.94 bits per heavy atom. The highest BCUT2D eigenvalue weighted by Gasteiger charge is 2.38. The molecule has 1 aromatic rings. The Bertz CT molecular complexity index is 424. The second kappa shape index (κ2) is 3.99. The van der Waals surface area contributed by atoms with Crippen molar-refractivity contribution in [1.82, 2.24) is 0 Å². The zero-order valence-electron chi connectivity index (χ0n) is 8.76. The monoisotopic (exact) mass is 228 g/mol. The number of aliphatic carboxylic acids is 1. The maximum Gasteiger partial charge on any atom is 0.369 e. The van der Waals surface area contributed by atoms with Crippen LogP contribution in [0.25, 0.3) is 0 Å². The van der Waals surface area contributed by atoms with Gasteiger partial charge in [0.2, 0.25) is 0 Å². The van der Waals surface area contributed by atoms with Gasteiger partial charge in [0.1, 0.15) is 0 Å². The molecule has 0 saturated heterocycles. The van der Waals surface area contributed by atoms with Gasteiger partial charge in [-0.3, -0.25) is 0 Å². The zero-order chi connectivity index (χ0) is 12.5. The molecule has 0 amide bonds. The minimum Gasteiger partial charge on any atom is -0.504 e.